The van der Waals surface area contributed by atoms with Crippen LogP contribution in [-0.2, 0) is 9.59 Å². The van der Waals surface area contributed by atoms with Crippen LogP contribution in [0.5, 0.6) is 0 Å². The highest BCUT2D eigenvalue weighted by molar-refractivity contribution is 5.94. The van der Waals surface area contributed by atoms with Gasteiger partial charge in [-0.15, -0.1) is 0 Å². The monoisotopic (exact) mass is 693 g/mol. The fraction of sp³-hybridized carbons (Fsp3) is 0.911. The molecule has 0 saturated heterocycles. The Morgan fingerprint density at radius 1 is 0.429 bits per heavy atom. The van der Waals surface area contributed by atoms with Crippen molar-refractivity contribution in [2.24, 2.45) is 0 Å². The number of nitrogens with zero attached hydrogens (tertiary/aromatic N) is 1. The summed E-state index contributed by atoms with van der Waals surface area (Å²) in [5.41, 5.74) is 0.496. The van der Waals surface area contributed by atoms with Gasteiger partial charge in [-0.1, -0.05) is 181 Å². The Labute approximate surface area is 308 Å². The van der Waals surface area contributed by atoms with E-state index in [1.807, 2.05) is 0 Å². The topological polar surface area (TPSA) is 54.4 Å². The Hall–Kier alpha value is -1.16. The molecule has 0 aliphatic heterocycles. The zero-order valence-electron chi connectivity index (χ0n) is 34.4. The average Bonchev–Trinajstić information content (AvgIpc) is 3.07. The van der Waals surface area contributed by atoms with Crippen LogP contribution in [0, 0.1) is 0 Å². The zero-order valence-corrected chi connectivity index (χ0v) is 34.4. The molecule has 49 heavy (non-hydrogen) atoms. The van der Waals surface area contributed by atoms with Crippen molar-refractivity contribution in [1.29, 1.82) is 0 Å². The van der Waals surface area contributed by atoms with Gasteiger partial charge in [-0.05, 0) is 57.4 Å². The van der Waals surface area contributed by atoms with E-state index in [0.717, 1.165) is 0 Å². The largest absolute Gasteiger partial charge is 0.481 e. The van der Waals surface area contributed by atoms with Crippen molar-refractivity contribution in [3.05, 3.63) is 12.2 Å². The summed E-state index contributed by atoms with van der Waals surface area (Å²) in [5, 5.41) is 8.23. The molecule has 0 aliphatic rings. The number of ketones is 1. The van der Waals surface area contributed by atoms with E-state index in [9.17, 15) is 9.59 Å². The van der Waals surface area contributed by atoms with Crippen molar-refractivity contribution in [3.8, 4) is 0 Å². The first-order valence-electron chi connectivity index (χ1n) is 22.0. The molecule has 0 unspecified atom stereocenters. The third-order valence-corrected chi connectivity index (χ3v) is 10.4. The van der Waals surface area contributed by atoms with Gasteiger partial charge in [0.2, 0.25) is 0 Å². The standard InChI is InChI=1S/C37H78N.C8H12O3/c1-5-8-11-14-17-20-23-26-29-32-35-38(4,36-33-30-27-24-21-18-15-12-9-6-2)37-34-31-28-25-22-19-16-13-10-7-3;1-6(2)7(9)4-3-5-8(10)11/h5-37H2,1-4H3;1,3-5H2,2H3,(H,10,11)/q+1;. The Kier molecular flexibility index (Phi) is 40.4. The van der Waals surface area contributed by atoms with E-state index in [1.165, 1.54) is 217 Å². The molecular formula is C45H90NO3+. The number of rotatable bonds is 38. The lowest BCUT2D eigenvalue weighted by molar-refractivity contribution is -0.910. The van der Waals surface area contributed by atoms with Gasteiger partial charge in [-0.2, -0.15) is 0 Å². The molecule has 0 amide bonds. The van der Waals surface area contributed by atoms with E-state index in [-0.39, 0.29) is 12.2 Å². The summed E-state index contributed by atoms with van der Waals surface area (Å²) >= 11 is 0. The third-order valence-electron chi connectivity index (χ3n) is 10.4. The van der Waals surface area contributed by atoms with Crippen LogP contribution < -0.4 is 0 Å². The van der Waals surface area contributed by atoms with Gasteiger partial charge in [0, 0.05) is 12.8 Å². The molecule has 0 rings (SSSR count). The second kappa shape index (κ2) is 39.6. The van der Waals surface area contributed by atoms with E-state index in [4.69, 9.17) is 5.11 Å². The molecule has 0 aromatic carbocycles. The van der Waals surface area contributed by atoms with Crippen molar-refractivity contribution in [1.82, 2.24) is 0 Å². The van der Waals surface area contributed by atoms with Crippen LogP contribution in [0.3, 0.4) is 0 Å². The van der Waals surface area contributed by atoms with Crippen molar-refractivity contribution in [3.63, 3.8) is 0 Å². The highest BCUT2D eigenvalue weighted by atomic mass is 16.4. The normalized spacial score (nSPS) is 11.4. The summed E-state index contributed by atoms with van der Waals surface area (Å²) in [6.07, 6.45) is 44.5. The molecule has 0 bridgehead atoms. The van der Waals surface area contributed by atoms with Crippen molar-refractivity contribution < 1.29 is 19.2 Å². The second-order valence-electron chi connectivity index (χ2n) is 15.8. The summed E-state index contributed by atoms with van der Waals surface area (Å²) in [7, 11) is 2.61. The van der Waals surface area contributed by atoms with Gasteiger partial charge >= 0.3 is 5.97 Å². The maximum absolute atomic E-state index is 10.8. The first-order chi connectivity index (χ1) is 23.7. The maximum atomic E-state index is 10.8. The van der Waals surface area contributed by atoms with Crippen LogP contribution in [0.15, 0.2) is 12.2 Å². The molecule has 0 heterocycles. The van der Waals surface area contributed by atoms with Gasteiger partial charge in [0.05, 0.1) is 26.7 Å². The number of quaternary nitrogens is 1. The Morgan fingerprint density at radius 3 is 0.898 bits per heavy atom. The van der Waals surface area contributed by atoms with E-state index in [1.54, 1.807) is 6.92 Å². The highest BCUT2D eigenvalue weighted by Gasteiger charge is 2.20. The molecule has 0 atom stereocenters. The summed E-state index contributed by atoms with van der Waals surface area (Å²) in [4.78, 5) is 20.8. The molecule has 1 N–H and O–H groups in total. The predicted molar refractivity (Wildman–Crippen MR) is 218 cm³/mol. The van der Waals surface area contributed by atoms with Crippen molar-refractivity contribution >= 4 is 11.8 Å². The molecule has 0 aromatic heterocycles. The van der Waals surface area contributed by atoms with Gasteiger partial charge in [0.1, 0.15) is 0 Å². The van der Waals surface area contributed by atoms with Gasteiger partial charge in [-0.25, -0.2) is 0 Å². The lowest BCUT2D eigenvalue weighted by atomic mass is 10.0. The van der Waals surface area contributed by atoms with E-state index < -0.39 is 5.97 Å². The van der Waals surface area contributed by atoms with Crippen molar-refractivity contribution in [2.45, 2.75) is 240 Å². The average molecular weight is 693 g/mol. The zero-order chi connectivity index (χ0) is 36.7. The van der Waals surface area contributed by atoms with Gasteiger partial charge in [0.15, 0.2) is 5.78 Å². The van der Waals surface area contributed by atoms with Crippen molar-refractivity contribution in [2.75, 3.05) is 26.7 Å². The quantitative estimate of drug-likeness (QED) is 0.0398. The van der Waals surface area contributed by atoms with Gasteiger partial charge < -0.3 is 9.59 Å². The smallest absolute Gasteiger partial charge is 0.303 e. The Balaban J connectivity index is 0. The molecule has 4 heteroatoms. The molecule has 292 valence electrons. The molecule has 0 aliphatic carbocycles. The third kappa shape index (κ3) is 41.1. The Morgan fingerprint density at radius 2 is 0.673 bits per heavy atom. The number of hydrogen-bond donors (Lipinski definition) is 1. The summed E-state index contributed by atoms with van der Waals surface area (Å²) in [6.45, 7) is 16.3. The number of unbranched alkanes of at least 4 members (excludes halogenated alkanes) is 27. The van der Waals surface area contributed by atoms with E-state index in [0.29, 0.717) is 18.4 Å². The first kappa shape index (κ1) is 50.0. The predicted octanol–water partition coefficient (Wildman–Crippen LogP) is 14.6. The number of carbonyl (C=O) groups excluding carboxylic acids is 1. The number of aliphatic carboxylic acids is 1. The highest BCUT2D eigenvalue weighted by Crippen LogP contribution is 2.18. The number of hydrogen-bond acceptors (Lipinski definition) is 2. The molecule has 0 spiro atoms. The molecule has 4 nitrogen and oxygen atoms in total. The minimum Gasteiger partial charge on any atom is -0.481 e. The van der Waals surface area contributed by atoms with E-state index in [2.05, 4.69) is 34.4 Å². The minimum absolute atomic E-state index is 0.0498. The molecule has 0 aromatic rings. The fourth-order valence-electron chi connectivity index (χ4n) is 6.89. The Bertz CT molecular complexity index is 658. The van der Waals surface area contributed by atoms with E-state index >= 15 is 0 Å². The summed E-state index contributed by atoms with van der Waals surface area (Å²) < 4.78 is 1.37. The molecular weight excluding hydrogens is 602 g/mol. The van der Waals surface area contributed by atoms with Crippen LogP contribution in [-0.4, -0.2) is 48.0 Å². The van der Waals surface area contributed by atoms with Gasteiger partial charge in [-0.3, -0.25) is 9.59 Å². The SMILES string of the molecule is C=C(C)C(=O)CCCC(=O)O.CCCCCCCCCCCC[N+](C)(CCCCCCCCCCCC)CCCCCCCCCCCC. The minimum atomic E-state index is -0.862. The lowest BCUT2D eigenvalue weighted by Crippen LogP contribution is -2.46. The number of carboxylic acids is 1. The van der Waals surface area contributed by atoms with Crippen LogP contribution in [0.25, 0.3) is 0 Å². The second-order valence-corrected chi connectivity index (χ2v) is 15.8. The van der Waals surface area contributed by atoms with Crippen LogP contribution in [0.4, 0.5) is 0 Å². The van der Waals surface area contributed by atoms with Crippen LogP contribution in [0.2, 0.25) is 0 Å². The van der Waals surface area contributed by atoms with Gasteiger partial charge in [0.25, 0.3) is 0 Å². The van der Waals surface area contributed by atoms with Crippen LogP contribution >= 0.6 is 0 Å². The lowest BCUT2D eigenvalue weighted by Gasteiger charge is -2.35. The fourth-order valence-corrected chi connectivity index (χ4v) is 6.89. The van der Waals surface area contributed by atoms with Crippen LogP contribution in [0.1, 0.15) is 240 Å². The first-order valence-corrected chi connectivity index (χ1v) is 22.0. The maximum Gasteiger partial charge on any atom is 0.303 e. The number of allylic oxidation sites excluding steroid dienone is 1. The number of carbonyl (C=O) groups is 2. The molecule has 0 saturated carbocycles. The summed E-state index contributed by atoms with van der Waals surface area (Å²) in [6, 6.07) is 0. The number of carboxylic acid groups (broad SMARTS) is 1. The molecule has 0 radical (unpaired) electrons. The number of Topliss-reactive ketones (excluding diaryl/α,β-unsaturated/α-hetero) is 1. The molecule has 0 fully saturated rings. The summed E-state index contributed by atoms with van der Waals surface area (Å²) in [5.74, 6) is -0.911.